The molecule has 0 bridgehead atoms. The first-order chi connectivity index (χ1) is 7.29. The Morgan fingerprint density at radius 2 is 1.88 bits per heavy atom. The molecule has 1 unspecified atom stereocenters. The molecule has 2 heteroatoms. The molecular formula is C14H22FN. The lowest BCUT2D eigenvalue weighted by Crippen LogP contribution is -2.38. The Kier molecular flexibility index (Phi) is 4.09. The van der Waals surface area contributed by atoms with Gasteiger partial charge in [-0.25, -0.2) is 4.39 Å². The highest BCUT2D eigenvalue weighted by atomic mass is 19.1. The molecule has 90 valence electrons. The predicted molar refractivity (Wildman–Crippen MR) is 67.5 cm³/mol. The quantitative estimate of drug-likeness (QED) is 0.824. The highest BCUT2D eigenvalue weighted by molar-refractivity contribution is 5.32. The molecule has 0 spiro atoms. The van der Waals surface area contributed by atoms with Crippen LogP contribution in [0, 0.1) is 13.8 Å². The molecule has 0 heterocycles. The van der Waals surface area contributed by atoms with Gasteiger partial charge in [0.2, 0.25) is 0 Å². The van der Waals surface area contributed by atoms with Crippen molar-refractivity contribution in [3.63, 3.8) is 0 Å². The third-order valence-electron chi connectivity index (χ3n) is 2.57. The lowest BCUT2D eigenvalue weighted by atomic mass is 10.0. The van der Waals surface area contributed by atoms with Crippen molar-refractivity contribution in [1.29, 1.82) is 0 Å². The lowest BCUT2D eigenvalue weighted by molar-refractivity contribution is 0.290. The topological polar surface area (TPSA) is 12.0 Å². The summed E-state index contributed by atoms with van der Waals surface area (Å²) in [6, 6.07) is 5.88. The molecule has 0 saturated heterocycles. The molecule has 0 fully saturated rings. The molecule has 0 aromatic heterocycles. The van der Waals surface area contributed by atoms with Gasteiger partial charge in [-0.15, -0.1) is 0 Å². The molecule has 1 rings (SSSR count). The van der Waals surface area contributed by atoms with E-state index in [1.54, 1.807) is 0 Å². The molecule has 0 radical (unpaired) electrons. The summed E-state index contributed by atoms with van der Waals surface area (Å²) in [5.41, 5.74) is 2.96. The fourth-order valence-corrected chi connectivity index (χ4v) is 1.68. The summed E-state index contributed by atoms with van der Waals surface area (Å²) in [6.45, 7) is 10.5. The SMILES string of the molecule is Cc1ccc(C(F)CNC(C)(C)C)c(C)c1. The van der Waals surface area contributed by atoms with Crippen molar-refractivity contribution in [3.8, 4) is 0 Å². The average Bonchev–Trinajstić information content (AvgIpc) is 2.13. The summed E-state index contributed by atoms with van der Waals surface area (Å²) in [5.74, 6) is 0. The molecule has 0 amide bonds. The van der Waals surface area contributed by atoms with Gasteiger partial charge < -0.3 is 5.32 Å². The second-order valence-corrected chi connectivity index (χ2v) is 5.46. The standard InChI is InChI=1S/C14H22FN/c1-10-6-7-12(11(2)8-10)13(15)9-16-14(3,4)5/h6-8,13,16H,9H2,1-5H3. The second kappa shape index (κ2) is 4.96. The number of hydrogen-bond donors (Lipinski definition) is 1. The molecule has 1 aromatic rings. The largest absolute Gasteiger partial charge is 0.309 e. The number of benzene rings is 1. The summed E-state index contributed by atoms with van der Waals surface area (Å²) < 4.78 is 14.0. The highest BCUT2D eigenvalue weighted by Gasteiger charge is 2.16. The van der Waals surface area contributed by atoms with Crippen LogP contribution in [0.15, 0.2) is 18.2 Å². The predicted octanol–water partition coefficient (Wildman–Crippen LogP) is 3.70. The number of hydrogen-bond acceptors (Lipinski definition) is 1. The summed E-state index contributed by atoms with van der Waals surface area (Å²) in [7, 11) is 0. The van der Waals surface area contributed by atoms with Crippen LogP contribution in [-0.4, -0.2) is 12.1 Å². The first-order valence-corrected chi connectivity index (χ1v) is 5.76. The lowest BCUT2D eigenvalue weighted by Gasteiger charge is -2.22. The van der Waals surface area contributed by atoms with Crippen LogP contribution < -0.4 is 5.32 Å². The van der Waals surface area contributed by atoms with Crippen LogP contribution in [0.25, 0.3) is 0 Å². The fraction of sp³-hybridized carbons (Fsp3) is 0.571. The number of halogens is 1. The minimum Gasteiger partial charge on any atom is -0.309 e. The fourth-order valence-electron chi connectivity index (χ4n) is 1.68. The van der Waals surface area contributed by atoms with Crippen molar-refractivity contribution in [3.05, 3.63) is 34.9 Å². The summed E-state index contributed by atoms with van der Waals surface area (Å²) in [6.07, 6.45) is -0.931. The average molecular weight is 223 g/mol. The van der Waals surface area contributed by atoms with Gasteiger partial charge in [0.1, 0.15) is 6.17 Å². The van der Waals surface area contributed by atoms with E-state index in [1.165, 1.54) is 5.56 Å². The van der Waals surface area contributed by atoms with Gasteiger partial charge in [0.15, 0.2) is 0 Å². The van der Waals surface area contributed by atoms with E-state index >= 15 is 0 Å². The summed E-state index contributed by atoms with van der Waals surface area (Å²) in [4.78, 5) is 0. The van der Waals surface area contributed by atoms with E-state index in [-0.39, 0.29) is 5.54 Å². The van der Waals surface area contributed by atoms with E-state index in [0.29, 0.717) is 6.54 Å². The van der Waals surface area contributed by atoms with E-state index < -0.39 is 6.17 Å². The van der Waals surface area contributed by atoms with Gasteiger partial charge in [-0.1, -0.05) is 23.8 Å². The van der Waals surface area contributed by atoms with Gasteiger partial charge >= 0.3 is 0 Å². The van der Waals surface area contributed by atoms with Gasteiger partial charge in [0, 0.05) is 12.1 Å². The van der Waals surface area contributed by atoms with E-state index in [2.05, 4.69) is 5.32 Å². The van der Waals surface area contributed by atoms with E-state index in [1.807, 2.05) is 52.8 Å². The van der Waals surface area contributed by atoms with Crippen LogP contribution in [-0.2, 0) is 0 Å². The van der Waals surface area contributed by atoms with Crippen LogP contribution in [0.4, 0.5) is 4.39 Å². The Hall–Kier alpha value is -0.890. The monoisotopic (exact) mass is 223 g/mol. The maximum atomic E-state index is 14.0. The van der Waals surface area contributed by atoms with E-state index in [4.69, 9.17) is 0 Å². The van der Waals surface area contributed by atoms with Gasteiger partial charge in [-0.3, -0.25) is 0 Å². The maximum absolute atomic E-state index is 14.0. The Bertz CT molecular complexity index is 352. The Morgan fingerprint density at radius 1 is 1.25 bits per heavy atom. The molecule has 0 aliphatic carbocycles. The Morgan fingerprint density at radius 3 is 2.38 bits per heavy atom. The zero-order chi connectivity index (χ0) is 12.3. The molecule has 0 aliphatic heterocycles. The molecular weight excluding hydrogens is 201 g/mol. The Labute approximate surface area is 98.1 Å². The van der Waals surface area contributed by atoms with Crippen molar-refractivity contribution in [2.24, 2.45) is 0 Å². The smallest absolute Gasteiger partial charge is 0.138 e. The van der Waals surface area contributed by atoms with Crippen molar-refractivity contribution in [1.82, 2.24) is 5.32 Å². The molecule has 1 aromatic carbocycles. The van der Waals surface area contributed by atoms with Crippen molar-refractivity contribution in [2.45, 2.75) is 46.3 Å². The van der Waals surface area contributed by atoms with Crippen LogP contribution in [0.3, 0.4) is 0 Å². The van der Waals surface area contributed by atoms with Gasteiger partial charge in [-0.2, -0.15) is 0 Å². The van der Waals surface area contributed by atoms with Crippen LogP contribution in [0.5, 0.6) is 0 Å². The minimum absolute atomic E-state index is 0.0387. The first kappa shape index (κ1) is 13.2. The number of aryl methyl sites for hydroxylation is 2. The number of nitrogens with one attached hydrogen (secondary N) is 1. The van der Waals surface area contributed by atoms with Crippen LogP contribution in [0.1, 0.15) is 43.6 Å². The molecule has 0 aliphatic rings. The molecule has 16 heavy (non-hydrogen) atoms. The van der Waals surface area contributed by atoms with Gasteiger partial charge in [-0.05, 0) is 45.7 Å². The summed E-state index contributed by atoms with van der Waals surface area (Å²) in [5, 5.41) is 3.19. The third kappa shape index (κ3) is 3.93. The highest BCUT2D eigenvalue weighted by Crippen LogP contribution is 2.22. The number of alkyl halides is 1. The zero-order valence-corrected chi connectivity index (χ0v) is 10.9. The van der Waals surface area contributed by atoms with Crippen LogP contribution >= 0.6 is 0 Å². The van der Waals surface area contributed by atoms with E-state index in [0.717, 1.165) is 11.1 Å². The maximum Gasteiger partial charge on any atom is 0.138 e. The van der Waals surface area contributed by atoms with Gasteiger partial charge in [0.05, 0.1) is 0 Å². The van der Waals surface area contributed by atoms with Crippen LogP contribution in [0.2, 0.25) is 0 Å². The number of rotatable bonds is 3. The van der Waals surface area contributed by atoms with Crippen molar-refractivity contribution < 1.29 is 4.39 Å². The normalized spacial score (nSPS) is 13.9. The van der Waals surface area contributed by atoms with Crippen molar-refractivity contribution >= 4 is 0 Å². The minimum atomic E-state index is -0.931. The van der Waals surface area contributed by atoms with Gasteiger partial charge in [0.25, 0.3) is 0 Å². The third-order valence-corrected chi connectivity index (χ3v) is 2.57. The molecule has 1 atom stereocenters. The molecule has 0 saturated carbocycles. The molecule has 1 N–H and O–H groups in total. The van der Waals surface area contributed by atoms with E-state index in [9.17, 15) is 4.39 Å². The summed E-state index contributed by atoms with van der Waals surface area (Å²) >= 11 is 0. The van der Waals surface area contributed by atoms with Crippen molar-refractivity contribution in [2.75, 3.05) is 6.54 Å². The Balaban J connectivity index is 2.70. The molecule has 1 nitrogen and oxygen atoms in total. The first-order valence-electron chi connectivity index (χ1n) is 5.76. The zero-order valence-electron chi connectivity index (χ0n) is 10.9. The second-order valence-electron chi connectivity index (χ2n) is 5.46.